The Morgan fingerprint density at radius 2 is 1.88 bits per heavy atom. The molecule has 0 fully saturated rings. The van der Waals surface area contributed by atoms with Gasteiger partial charge >= 0.3 is 0 Å². The van der Waals surface area contributed by atoms with Gasteiger partial charge in [0.1, 0.15) is 10.8 Å². The lowest BCUT2D eigenvalue weighted by Gasteiger charge is -2.06. The van der Waals surface area contributed by atoms with Crippen LogP contribution in [0.4, 0.5) is 10.1 Å². The van der Waals surface area contributed by atoms with Crippen LogP contribution in [0.2, 0.25) is 5.02 Å². The molecular formula is C18H12BrClFN3OS. The molecule has 1 aromatic heterocycles. The molecular weight excluding hydrogens is 441 g/mol. The minimum atomic E-state index is -0.577. The first kappa shape index (κ1) is 18.8. The quantitative estimate of drug-likeness (QED) is 0.525. The largest absolute Gasteiger partial charge is 0.325 e. The molecule has 0 saturated heterocycles. The number of thioether (sulfide) groups is 1. The molecule has 8 heteroatoms. The first-order valence-corrected chi connectivity index (χ1v) is 9.64. The average Bonchev–Trinajstić information content (AvgIpc) is 2.64. The SMILES string of the molecule is O=C(CSc1ccc(-c2ccc(Br)cc2)nn1)Nc1ccc(Cl)c(F)c1. The summed E-state index contributed by atoms with van der Waals surface area (Å²) in [7, 11) is 0. The molecule has 0 aliphatic rings. The highest BCUT2D eigenvalue weighted by molar-refractivity contribution is 9.10. The van der Waals surface area contributed by atoms with E-state index in [1.165, 1.54) is 23.9 Å². The van der Waals surface area contributed by atoms with Gasteiger partial charge in [-0.2, -0.15) is 0 Å². The fourth-order valence-corrected chi connectivity index (χ4v) is 3.08. The molecule has 3 rings (SSSR count). The summed E-state index contributed by atoms with van der Waals surface area (Å²) in [6.45, 7) is 0. The third-order valence-electron chi connectivity index (χ3n) is 3.33. The molecule has 4 nitrogen and oxygen atoms in total. The van der Waals surface area contributed by atoms with Crippen LogP contribution < -0.4 is 5.32 Å². The van der Waals surface area contributed by atoms with E-state index in [-0.39, 0.29) is 16.7 Å². The monoisotopic (exact) mass is 451 g/mol. The topological polar surface area (TPSA) is 54.9 Å². The second-order valence-corrected chi connectivity index (χ2v) is 7.55. The molecule has 0 unspecified atom stereocenters. The summed E-state index contributed by atoms with van der Waals surface area (Å²) in [6, 6.07) is 15.5. The summed E-state index contributed by atoms with van der Waals surface area (Å²) in [5.74, 6) is -0.710. The highest BCUT2D eigenvalue weighted by Gasteiger charge is 2.08. The lowest BCUT2D eigenvalue weighted by molar-refractivity contribution is -0.113. The van der Waals surface area contributed by atoms with Crippen molar-refractivity contribution in [1.82, 2.24) is 10.2 Å². The standard InChI is InChI=1S/C18H12BrClFN3OS/c19-12-3-1-11(2-4-12)16-7-8-18(24-23-16)26-10-17(25)22-13-5-6-14(20)15(21)9-13/h1-9H,10H2,(H,22,25). The lowest BCUT2D eigenvalue weighted by Crippen LogP contribution is -2.14. The molecule has 0 saturated carbocycles. The zero-order chi connectivity index (χ0) is 18.5. The predicted octanol–water partition coefficient (Wildman–Crippen LogP) is 5.43. The van der Waals surface area contributed by atoms with E-state index < -0.39 is 5.82 Å². The third-order valence-corrected chi connectivity index (χ3v) is 5.09. The summed E-state index contributed by atoms with van der Waals surface area (Å²) >= 11 is 10.3. The Bertz CT molecular complexity index is 923. The molecule has 1 heterocycles. The van der Waals surface area contributed by atoms with Gasteiger partial charge in [0.05, 0.1) is 16.5 Å². The summed E-state index contributed by atoms with van der Waals surface area (Å²) in [5.41, 5.74) is 2.07. The molecule has 0 bridgehead atoms. The number of nitrogens with zero attached hydrogens (tertiary/aromatic N) is 2. The summed E-state index contributed by atoms with van der Waals surface area (Å²) in [4.78, 5) is 12.0. The van der Waals surface area contributed by atoms with Crippen LogP contribution in [0.15, 0.2) is 64.1 Å². The Morgan fingerprint density at radius 3 is 2.54 bits per heavy atom. The van der Waals surface area contributed by atoms with Gasteiger partial charge in [-0.05, 0) is 42.5 Å². The average molecular weight is 453 g/mol. The number of rotatable bonds is 5. The molecule has 132 valence electrons. The van der Waals surface area contributed by atoms with Crippen LogP contribution >= 0.6 is 39.3 Å². The van der Waals surface area contributed by atoms with Crippen LogP contribution in [-0.4, -0.2) is 21.9 Å². The van der Waals surface area contributed by atoms with Gasteiger partial charge in [0, 0.05) is 15.7 Å². The van der Waals surface area contributed by atoms with Crippen molar-refractivity contribution in [2.24, 2.45) is 0 Å². The number of hydrogen-bond acceptors (Lipinski definition) is 4. The van der Waals surface area contributed by atoms with E-state index in [1.54, 1.807) is 6.07 Å². The van der Waals surface area contributed by atoms with Gasteiger partial charge in [-0.25, -0.2) is 4.39 Å². The zero-order valence-electron chi connectivity index (χ0n) is 13.2. The Hall–Kier alpha value is -1.96. The number of halogens is 3. The highest BCUT2D eigenvalue weighted by atomic mass is 79.9. The Labute approximate surface area is 167 Å². The van der Waals surface area contributed by atoms with Crippen LogP contribution in [0.1, 0.15) is 0 Å². The molecule has 3 aromatic rings. The van der Waals surface area contributed by atoms with Crippen molar-refractivity contribution in [3.05, 3.63) is 69.9 Å². The maximum atomic E-state index is 13.4. The van der Waals surface area contributed by atoms with Crippen LogP contribution in [0.3, 0.4) is 0 Å². The summed E-state index contributed by atoms with van der Waals surface area (Å²) < 4.78 is 14.4. The van der Waals surface area contributed by atoms with Crippen LogP contribution in [0.5, 0.6) is 0 Å². The zero-order valence-corrected chi connectivity index (χ0v) is 16.4. The van der Waals surface area contributed by atoms with Crippen molar-refractivity contribution in [3.8, 4) is 11.3 Å². The maximum Gasteiger partial charge on any atom is 0.234 e. The minimum absolute atomic E-state index is 0.0125. The fraction of sp³-hybridized carbons (Fsp3) is 0.0556. The smallest absolute Gasteiger partial charge is 0.234 e. The van der Waals surface area contributed by atoms with Crippen LogP contribution in [0, 0.1) is 5.82 Å². The lowest BCUT2D eigenvalue weighted by atomic mass is 10.1. The molecule has 2 aromatic carbocycles. The predicted molar refractivity (Wildman–Crippen MR) is 106 cm³/mol. The Kier molecular flexibility index (Phi) is 6.24. The number of amides is 1. The second kappa shape index (κ2) is 8.62. The normalized spacial score (nSPS) is 10.6. The summed E-state index contributed by atoms with van der Waals surface area (Å²) in [6.07, 6.45) is 0. The Morgan fingerprint density at radius 1 is 1.12 bits per heavy atom. The molecule has 26 heavy (non-hydrogen) atoms. The third kappa shape index (κ3) is 5.03. The van der Waals surface area contributed by atoms with Gasteiger partial charge in [0.25, 0.3) is 0 Å². The van der Waals surface area contributed by atoms with Gasteiger partial charge in [0.2, 0.25) is 5.91 Å². The van der Waals surface area contributed by atoms with Gasteiger partial charge < -0.3 is 5.32 Å². The van der Waals surface area contributed by atoms with Gasteiger partial charge in [-0.3, -0.25) is 4.79 Å². The van der Waals surface area contributed by atoms with E-state index in [2.05, 4.69) is 31.4 Å². The van der Waals surface area contributed by atoms with E-state index in [0.717, 1.165) is 15.7 Å². The van der Waals surface area contributed by atoms with Gasteiger partial charge in [-0.1, -0.05) is 51.4 Å². The Balaban J connectivity index is 1.56. The minimum Gasteiger partial charge on any atom is -0.325 e. The molecule has 1 N–H and O–H groups in total. The van der Waals surface area contributed by atoms with E-state index >= 15 is 0 Å². The number of benzene rings is 2. The number of anilines is 1. The fourth-order valence-electron chi connectivity index (χ4n) is 2.08. The van der Waals surface area contributed by atoms with Crippen LogP contribution in [-0.2, 0) is 4.79 Å². The number of carbonyl (C=O) groups excluding carboxylic acids is 1. The number of hydrogen-bond donors (Lipinski definition) is 1. The number of carbonyl (C=O) groups is 1. The molecule has 0 spiro atoms. The van der Waals surface area contributed by atoms with Crippen molar-refractivity contribution in [3.63, 3.8) is 0 Å². The molecule has 0 aliphatic carbocycles. The van der Waals surface area contributed by atoms with E-state index in [0.29, 0.717) is 10.7 Å². The summed E-state index contributed by atoms with van der Waals surface area (Å²) in [5, 5.41) is 11.6. The van der Waals surface area contributed by atoms with Gasteiger partial charge in [0.15, 0.2) is 0 Å². The molecule has 0 atom stereocenters. The first-order chi connectivity index (χ1) is 12.5. The van der Waals surface area contributed by atoms with E-state index in [4.69, 9.17) is 11.6 Å². The molecule has 1 amide bonds. The van der Waals surface area contributed by atoms with Crippen molar-refractivity contribution >= 4 is 50.9 Å². The number of nitrogens with one attached hydrogen (secondary N) is 1. The maximum absolute atomic E-state index is 13.4. The van der Waals surface area contributed by atoms with Crippen LogP contribution in [0.25, 0.3) is 11.3 Å². The van der Waals surface area contributed by atoms with Crippen molar-refractivity contribution < 1.29 is 9.18 Å². The molecule has 0 aliphatic heterocycles. The van der Waals surface area contributed by atoms with E-state index in [1.807, 2.05) is 36.4 Å². The van der Waals surface area contributed by atoms with Crippen molar-refractivity contribution in [1.29, 1.82) is 0 Å². The highest BCUT2D eigenvalue weighted by Crippen LogP contribution is 2.22. The number of aromatic nitrogens is 2. The van der Waals surface area contributed by atoms with E-state index in [9.17, 15) is 9.18 Å². The van der Waals surface area contributed by atoms with Crippen molar-refractivity contribution in [2.45, 2.75) is 5.03 Å². The first-order valence-electron chi connectivity index (χ1n) is 7.48. The van der Waals surface area contributed by atoms with Crippen molar-refractivity contribution in [2.75, 3.05) is 11.1 Å². The second-order valence-electron chi connectivity index (χ2n) is 5.23. The van der Waals surface area contributed by atoms with Gasteiger partial charge in [-0.15, -0.1) is 10.2 Å². The molecule has 0 radical (unpaired) electrons.